The lowest BCUT2D eigenvalue weighted by Crippen LogP contribution is -2.32. The molecular formula is C22H30N4O. The predicted molar refractivity (Wildman–Crippen MR) is 109 cm³/mol. The van der Waals surface area contributed by atoms with E-state index < -0.39 is 6.10 Å². The quantitative estimate of drug-likeness (QED) is 0.851. The number of benzene rings is 1. The number of aromatic nitrogens is 2. The molecule has 0 saturated heterocycles. The van der Waals surface area contributed by atoms with E-state index in [0.29, 0.717) is 6.04 Å². The third-order valence-electron chi connectivity index (χ3n) is 5.83. The Bertz CT molecular complexity index is 799. The van der Waals surface area contributed by atoms with Crippen molar-refractivity contribution in [3.63, 3.8) is 0 Å². The second-order valence-electron chi connectivity index (χ2n) is 8.05. The number of aliphatic hydroxyl groups excluding tert-OH is 1. The Balaban J connectivity index is 1.51. The number of anilines is 2. The van der Waals surface area contributed by atoms with Gasteiger partial charge in [-0.1, -0.05) is 37.5 Å². The van der Waals surface area contributed by atoms with Crippen LogP contribution in [0.2, 0.25) is 0 Å². The van der Waals surface area contributed by atoms with Crippen LogP contribution in [0.25, 0.3) is 0 Å². The van der Waals surface area contributed by atoms with Gasteiger partial charge in [-0.2, -0.15) is 4.98 Å². The van der Waals surface area contributed by atoms with E-state index in [9.17, 15) is 5.11 Å². The van der Waals surface area contributed by atoms with E-state index in [4.69, 9.17) is 4.98 Å². The Kier molecular flexibility index (Phi) is 5.30. The van der Waals surface area contributed by atoms with Gasteiger partial charge in [-0.3, -0.25) is 0 Å². The highest BCUT2D eigenvalue weighted by Gasteiger charge is 2.20. The SMILES string of the molecule is Cc1cc(N2CCc3cc([C@@H](C)O)ccc3C2)nc(NC2CCCCC2)n1. The molecular weight excluding hydrogens is 336 g/mol. The molecule has 144 valence electrons. The molecule has 0 bridgehead atoms. The molecule has 0 amide bonds. The van der Waals surface area contributed by atoms with Crippen molar-refractivity contribution in [2.24, 2.45) is 0 Å². The fourth-order valence-corrected chi connectivity index (χ4v) is 4.24. The zero-order valence-electron chi connectivity index (χ0n) is 16.4. The minimum Gasteiger partial charge on any atom is -0.389 e. The summed E-state index contributed by atoms with van der Waals surface area (Å²) in [6, 6.07) is 8.93. The van der Waals surface area contributed by atoms with Gasteiger partial charge in [0, 0.05) is 30.9 Å². The van der Waals surface area contributed by atoms with Gasteiger partial charge in [-0.15, -0.1) is 0 Å². The van der Waals surface area contributed by atoms with Crippen LogP contribution in [-0.4, -0.2) is 27.7 Å². The summed E-state index contributed by atoms with van der Waals surface area (Å²) in [7, 11) is 0. The number of nitrogens with one attached hydrogen (secondary N) is 1. The second kappa shape index (κ2) is 7.85. The predicted octanol–water partition coefficient (Wildman–Crippen LogP) is 4.15. The highest BCUT2D eigenvalue weighted by molar-refractivity contribution is 5.49. The number of hydrogen-bond acceptors (Lipinski definition) is 5. The Morgan fingerprint density at radius 3 is 2.70 bits per heavy atom. The number of aliphatic hydroxyl groups is 1. The van der Waals surface area contributed by atoms with Crippen LogP contribution in [0.3, 0.4) is 0 Å². The molecule has 1 atom stereocenters. The van der Waals surface area contributed by atoms with Crippen molar-refractivity contribution in [1.29, 1.82) is 0 Å². The standard InChI is InChI=1S/C22H30N4O/c1-15-12-21(25-22(23-15)24-20-6-4-3-5-7-20)26-11-10-18-13-17(16(2)27)8-9-19(18)14-26/h8-9,12-13,16,20,27H,3-7,10-11,14H2,1-2H3,(H,23,24,25)/t16-/m1/s1. The molecule has 5 heteroatoms. The van der Waals surface area contributed by atoms with Gasteiger partial charge in [-0.25, -0.2) is 4.98 Å². The number of hydrogen-bond donors (Lipinski definition) is 2. The van der Waals surface area contributed by atoms with E-state index in [-0.39, 0.29) is 0 Å². The third-order valence-corrected chi connectivity index (χ3v) is 5.83. The molecule has 5 nitrogen and oxygen atoms in total. The highest BCUT2D eigenvalue weighted by atomic mass is 16.3. The Hall–Kier alpha value is -2.14. The number of aryl methyl sites for hydroxylation is 1. The summed E-state index contributed by atoms with van der Waals surface area (Å²) in [4.78, 5) is 11.8. The van der Waals surface area contributed by atoms with E-state index in [2.05, 4.69) is 33.4 Å². The topological polar surface area (TPSA) is 61.3 Å². The summed E-state index contributed by atoms with van der Waals surface area (Å²) in [6.07, 6.45) is 6.95. The monoisotopic (exact) mass is 366 g/mol. The zero-order valence-corrected chi connectivity index (χ0v) is 16.4. The van der Waals surface area contributed by atoms with E-state index in [0.717, 1.165) is 42.5 Å². The molecule has 4 rings (SSSR count). The van der Waals surface area contributed by atoms with Gasteiger partial charge in [-0.05, 0) is 49.8 Å². The average Bonchev–Trinajstić information content (AvgIpc) is 2.67. The smallest absolute Gasteiger partial charge is 0.225 e. The van der Waals surface area contributed by atoms with Gasteiger partial charge in [0.15, 0.2) is 0 Å². The summed E-state index contributed by atoms with van der Waals surface area (Å²) in [5.74, 6) is 1.78. The zero-order chi connectivity index (χ0) is 18.8. The average molecular weight is 367 g/mol. The summed E-state index contributed by atoms with van der Waals surface area (Å²) < 4.78 is 0. The van der Waals surface area contributed by atoms with Crippen LogP contribution in [0.15, 0.2) is 24.3 Å². The minimum absolute atomic E-state index is 0.411. The van der Waals surface area contributed by atoms with Crippen molar-refractivity contribution in [2.75, 3.05) is 16.8 Å². The largest absolute Gasteiger partial charge is 0.389 e. The van der Waals surface area contributed by atoms with Crippen molar-refractivity contribution in [3.8, 4) is 0 Å². The molecule has 2 aliphatic rings. The Labute approximate surface area is 161 Å². The normalized spacial score (nSPS) is 18.9. The van der Waals surface area contributed by atoms with Crippen molar-refractivity contribution < 1.29 is 5.11 Å². The Morgan fingerprint density at radius 1 is 1.11 bits per heavy atom. The lowest BCUT2D eigenvalue weighted by Gasteiger charge is -2.31. The van der Waals surface area contributed by atoms with Crippen molar-refractivity contribution >= 4 is 11.8 Å². The van der Waals surface area contributed by atoms with E-state index in [1.165, 1.54) is 43.2 Å². The van der Waals surface area contributed by atoms with E-state index in [1.54, 1.807) is 0 Å². The number of fused-ring (bicyclic) bond motifs is 1. The summed E-state index contributed by atoms with van der Waals surface area (Å²) in [5, 5.41) is 13.4. The molecule has 27 heavy (non-hydrogen) atoms. The first kappa shape index (κ1) is 18.2. The highest BCUT2D eigenvalue weighted by Crippen LogP contribution is 2.27. The molecule has 2 heterocycles. The fraction of sp³-hybridized carbons (Fsp3) is 0.545. The maximum absolute atomic E-state index is 9.82. The van der Waals surface area contributed by atoms with Crippen molar-refractivity contribution in [1.82, 2.24) is 9.97 Å². The van der Waals surface area contributed by atoms with Crippen LogP contribution < -0.4 is 10.2 Å². The first-order valence-corrected chi connectivity index (χ1v) is 10.3. The van der Waals surface area contributed by atoms with Gasteiger partial charge in [0.05, 0.1) is 6.10 Å². The first-order chi connectivity index (χ1) is 13.1. The number of nitrogens with zero attached hydrogens (tertiary/aromatic N) is 3. The van der Waals surface area contributed by atoms with Crippen LogP contribution in [0.1, 0.15) is 67.5 Å². The maximum atomic E-state index is 9.82. The van der Waals surface area contributed by atoms with Gasteiger partial charge in [0.1, 0.15) is 5.82 Å². The molecule has 0 spiro atoms. The van der Waals surface area contributed by atoms with Crippen LogP contribution in [0.5, 0.6) is 0 Å². The molecule has 1 fully saturated rings. The second-order valence-corrected chi connectivity index (χ2v) is 8.05. The van der Waals surface area contributed by atoms with Gasteiger partial charge in [0.25, 0.3) is 0 Å². The van der Waals surface area contributed by atoms with Crippen LogP contribution in [0.4, 0.5) is 11.8 Å². The van der Waals surface area contributed by atoms with Gasteiger partial charge < -0.3 is 15.3 Å². The van der Waals surface area contributed by atoms with E-state index >= 15 is 0 Å². The molecule has 2 N–H and O–H groups in total. The van der Waals surface area contributed by atoms with Crippen LogP contribution in [0, 0.1) is 6.92 Å². The van der Waals surface area contributed by atoms with Crippen LogP contribution in [-0.2, 0) is 13.0 Å². The third kappa shape index (κ3) is 4.24. The fourth-order valence-electron chi connectivity index (χ4n) is 4.24. The molecule has 0 unspecified atom stereocenters. The lowest BCUT2D eigenvalue weighted by atomic mass is 9.95. The van der Waals surface area contributed by atoms with E-state index in [1.807, 2.05) is 19.9 Å². The Morgan fingerprint density at radius 2 is 1.93 bits per heavy atom. The molecule has 1 aromatic heterocycles. The maximum Gasteiger partial charge on any atom is 0.225 e. The molecule has 1 aliphatic carbocycles. The summed E-state index contributed by atoms with van der Waals surface area (Å²) in [5.41, 5.74) is 4.67. The minimum atomic E-state index is -0.411. The molecule has 0 radical (unpaired) electrons. The van der Waals surface area contributed by atoms with Gasteiger partial charge in [0.2, 0.25) is 5.95 Å². The molecule has 1 saturated carbocycles. The summed E-state index contributed by atoms with van der Waals surface area (Å²) >= 11 is 0. The number of rotatable bonds is 4. The van der Waals surface area contributed by atoms with Crippen molar-refractivity contribution in [3.05, 3.63) is 46.6 Å². The molecule has 2 aromatic rings. The van der Waals surface area contributed by atoms with Gasteiger partial charge >= 0.3 is 0 Å². The first-order valence-electron chi connectivity index (χ1n) is 10.3. The summed E-state index contributed by atoms with van der Waals surface area (Å²) in [6.45, 7) is 5.66. The lowest BCUT2D eigenvalue weighted by molar-refractivity contribution is 0.199. The van der Waals surface area contributed by atoms with Crippen molar-refractivity contribution in [2.45, 2.75) is 71.1 Å². The molecule has 1 aliphatic heterocycles. The molecule has 1 aromatic carbocycles. The van der Waals surface area contributed by atoms with Crippen LogP contribution >= 0.6 is 0 Å².